The Morgan fingerprint density at radius 1 is 1.35 bits per heavy atom. The van der Waals surface area contributed by atoms with E-state index >= 15 is 0 Å². The molecular formula is C16H30N2O2. The van der Waals surface area contributed by atoms with Crippen LogP contribution in [-0.4, -0.2) is 42.3 Å². The highest BCUT2D eigenvalue weighted by atomic mass is 16.6. The van der Waals surface area contributed by atoms with Crippen LogP contribution >= 0.6 is 0 Å². The largest absolute Gasteiger partial charge is 0.444 e. The van der Waals surface area contributed by atoms with Crippen molar-refractivity contribution < 1.29 is 9.53 Å². The zero-order valence-corrected chi connectivity index (χ0v) is 13.5. The Bertz CT molecular complexity index is 345. The van der Waals surface area contributed by atoms with E-state index in [-0.39, 0.29) is 6.09 Å². The number of hydrogen-bond acceptors (Lipinski definition) is 3. The number of carbonyl (C=O) groups is 1. The second kappa shape index (κ2) is 5.92. The van der Waals surface area contributed by atoms with Gasteiger partial charge in [-0.05, 0) is 58.3 Å². The number of hydrogen-bond donors (Lipinski definition) is 1. The van der Waals surface area contributed by atoms with Crippen molar-refractivity contribution in [3.05, 3.63) is 0 Å². The van der Waals surface area contributed by atoms with E-state index in [1.54, 1.807) is 0 Å². The second-order valence-electron chi connectivity index (χ2n) is 7.76. The summed E-state index contributed by atoms with van der Waals surface area (Å²) in [7, 11) is 0. The van der Waals surface area contributed by atoms with Gasteiger partial charge in [0.15, 0.2) is 0 Å². The Balaban J connectivity index is 1.82. The van der Waals surface area contributed by atoms with Gasteiger partial charge in [0, 0.05) is 25.7 Å². The lowest BCUT2D eigenvalue weighted by molar-refractivity contribution is 0.00989. The average molecular weight is 282 g/mol. The minimum absolute atomic E-state index is 0.151. The number of piperidine rings is 1. The van der Waals surface area contributed by atoms with Gasteiger partial charge in [-0.25, -0.2) is 4.79 Å². The number of carbonyl (C=O) groups excluding carboxylic acids is 1. The molecule has 0 radical (unpaired) electrons. The quantitative estimate of drug-likeness (QED) is 0.861. The maximum Gasteiger partial charge on any atom is 0.410 e. The summed E-state index contributed by atoms with van der Waals surface area (Å²) in [5.41, 5.74) is 0.111. The third-order valence-electron chi connectivity index (χ3n) is 4.29. The van der Waals surface area contributed by atoms with E-state index in [4.69, 9.17) is 4.74 Å². The fourth-order valence-electron chi connectivity index (χ4n) is 2.70. The summed E-state index contributed by atoms with van der Waals surface area (Å²) in [6.07, 6.45) is 5.90. The summed E-state index contributed by atoms with van der Waals surface area (Å²) in [4.78, 5) is 14.2. The Morgan fingerprint density at radius 3 is 2.65 bits per heavy atom. The van der Waals surface area contributed by atoms with Crippen molar-refractivity contribution in [2.45, 2.75) is 71.4 Å². The third kappa shape index (κ3) is 4.65. The minimum Gasteiger partial charge on any atom is -0.444 e. The Kier molecular flexibility index (Phi) is 4.62. The van der Waals surface area contributed by atoms with Crippen molar-refractivity contribution in [1.29, 1.82) is 0 Å². The summed E-state index contributed by atoms with van der Waals surface area (Å²) in [6.45, 7) is 10.9. The van der Waals surface area contributed by atoms with Gasteiger partial charge >= 0.3 is 6.09 Å². The van der Waals surface area contributed by atoms with Crippen LogP contribution in [0, 0.1) is 5.41 Å². The summed E-state index contributed by atoms with van der Waals surface area (Å²) >= 11 is 0. The van der Waals surface area contributed by atoms with E-state index in [2.05, 4.69) is 12.2 Å². The second-order valence-corrected chi connectivity index (χ2v) is 7.76. The molecule has 0 aromatic carbocycles. The molecule has 20 heavy (non-hydrogen) atoms. The van der Waals surface area contributed by atoms with Crippen molar-refractivity contribution in [1.82, 2.24) is 10.2 Å². The van der Waals surface area contributed by atoms with Gasteiger partial charge in [0.1, 0.15) is 5.60 Å². The molecule has 1 atom stereocenters. The van der Waals surface area contributed by atoms with Crippen LogP contribution in [0.25, 0.3) is 0 Å². The molecule has 2 rings (SSSR count). The van der Waals surface area contributed by atoms with E-state index in [1.807, 2.05) is 25.7 Å². The molecule has 0 bridgehead atoms. The van der Waals surface area contributed by atoms with Crippen LogP contribution in [0.3, 0.4) is 0 Å². The van der Waals surface area contributed by atoms with Crippen molar-refractivity contribution in [2.75, 3.05) is 19.6 Å². The predicted molar refractivity (Wildman–Crippen MR) is 80.8 cm³/mol. The first kappa shape index (κ1) is 15.6. The normalized spacial score (nSPS) is 25.4. The van der Waals surface area contributed by atoms with E-state index in [0.717, 1.165) is 32.5 Å². The summed E-state index contributed by atoms with van der Waals surface area (Å²) in [6, 6.07) is 0.293. The van der Waals surface area contributed by atoms with Crippen LogP contribution in [0.2, 0.25) is 0 Å². The molecule has 2 fully saturated rings. The highest BCUT2D eigenvalue weighted by molar-refractivity contribution is 5.68. The number of nitrogens with one attached hydrogen (secondary N) is 1. The molecule has 1 aliphatic heterocycles. The minimum atomic E-state index is -0.409. The average Bonchev–Trinajstić information content (AvgIpc) is 3.06. The predicted octanol–water partition coefficient (Wildman–Crippen LogP) is 3.17. The van der Waals surface area contributed by atoms with E-state index in [9.17, 15) is 4.79 Å². The summed E-state index contributed by atoms with van der Waals surface area (Å²) in [5, 5.41) is 3.56. The molecule has 0 spiro atoms. The zero-order chi connectivity index (χ0) is 14.8. The van der Waals surface area contributed by atoms with Crippen LogP contribution in [0.4, 0.5) is 4.79 Å². The van der Waals surface area contributed by atoms with Gasteiger partial charge in [0.2, 0.25) is 0 Å². The first-order valence-electron chi connectivity index (χ1n) is 7.99. The maximum absolute atomic E-state index is 12.3. The lowest BCUT2D eigenvalue weighted by Crippen LogP contribution is -2.50. The van der Waals surface area contributed by atoms with Gasteiger partial charge in [0.25, 0.3) is 0 Å². The first-order chi connectivity index (χ1) is 9.29. The highest BCUT2D eigenvalue weighted by Gasteiger charge is 2.37. The van der Waals surface area contributed by atoms with Gasteiger partial charge in [-0.1, -0.05) is 6.92 Å². The van der Waals surface area contributed by atoms with Crippen molar-refractivity contribution in [2.24, 2.45) is 5.41 Å². The number of likely N-dealkylation sites (tertiary alicyclic amines) is 1. The van der Waals surface area contributed by atoms with Crippen LogP contribution in [0.15, 0.2) is 0 Å². The van der Waals surface area contributed by atoms with E-state index < -0.39 is 5.60 Å². The molecule has 1 saturated heterocycles. The molecule has 4 heteroatoms. The van der Waals surface area contributed by atoms with Gasteiger partial charge in [-0.2, -0.15) is 0 Å². The van der Waals surface area contributed by atoms with E-state index in [0.29, 0.717) is 11.5 Å². The van der Waals surface area contributed by atoms with Crippen LogP contribution < -0.4 is 5.32 Å². The van der Waals surface area contributed by atoms with Gasteiger partial charge in [0.05, 0.1) is 0 Å². The molecule has 116 valence electrons. The van der Waals surface area contributed by atoms with Crippen LogP contribution in [0.1, 0.15) is 59.8 Å². The van der Waals surface area contributed by atoms with Crippen LogP contribution in [-0.2, 0) is 4.74 Å². The molecule has 1 N–H and O–H groups in total. The monoisotopic (exact) mass is 282 g/mol. The number of rotatable bonds is 4. The summed E-state index contributed by atoms with van der Waals surface area (Å²) < 4.78 is 5.53. The Hall–Kier alpha value is -0.770. The lowest BCUT2D eigenvalue weighted by Gasteiger charge is -2.37. The smallest absolute Gasteiger partial charge is 0.410 e. The lowest BCUT2D eigenvalue weighted by atomic mass is 10.0. The number of ether oxygens (including phenoxy) is 1. The molecule has 1 unspecified atom stereocenters. The number of amides is 1. The zero-order valence-electron chi connectivity index (χ0n) is 13.5. The molecule has 1 amide bonds. The molecule has 0 aromatic rings. The van der Waals surface area contributed by atoms with Crippen molar-refractivity contribution in [3.63, 3.8) is 0 Å². The maximum atomic E-state index is 12.3. The van der Waals surface area contributed by atoms with Gasteiger partial charge < -0.3 is 15.0 Å². The van der Waals surface area contributed by atoms with Crippen molar-refractivity contribution in [3.8, 4) is 0 Å². The molecule has 2 aliphatic rings. The van der Waals surface area contributed by atoms with Crippen molar-refractivity contribution >= 4 is 6.09 Å². The Morgan fingerprint density at radius 2 is 2.05 bits per heavy atom. The summed E-state index contributed by atoms with van der Waals surface area (Å²) in [5.74, 6) is 0. The molecule has 1 heterocycles. The standard InChI is InChI=1S/C16H30N2O2/c1-15(2,3)20-14(19)18-10-6-5-7-13(18)11-17-12-16(4)8-9-16/h13,17H,5-12H2,1-4H3. The SMILES string of the molecule is CC1(CNCC2CCCCN2C(=O)OC(C)(C)C)CC1. The molecule has 0 aromatic heterocycles. The Labute approximate surface area is 123 Å². The van der Waals surface area contributed by atoms with Gasteiger partial charge in [-0.3, -0.25) is 0 Å². The molecule has 1 aliphatic carbocycles. The number of nitrogens with zero attached hydrogens (tertiary/aromatic N) is 1. The van der Waals surface area contributed by atoms with Gasteiger partial charge in [-0.15, -0.1) is 0 Å². The molecule has 4 nitrogen and oxygen atoms in total. The topological polar surface area (TPSA) is 41.6 Å². The fourth-order valence-corrected chi connectivity index (χ4v) is 2.70. The molecular weight excluding hydrogens is 252 g/mol. The van der Waals surface area contributed by atoms with E-state index in [1.165, 1.54) is 19.3 Å². The fraction of sp³-hybridized carbons (Fsp3) is 0.938. The highest BCUT2D eigenvalue weighted by Crippen LogP contribution is 2.44. The molecule has 1 saturated carbocycles. The first-order valence-corrected chi connectivity index (χ1v) is 7.99. The van der Waals surface area contributed by atoms with Crippen LogP contribution in [0.5, 0.6) is 0 Å². The third-order valence-corrected chi connectivity index (χ3v) is 4.29.